The molecule has 0 bridgehead atoms. The standard InChI is InChI=1S/C14H20BrNO2/c1-11-6-8-18-9-7-16(11)10-14(17)12-2-4-13(15)5-3-12/h2-5,11,14,17H,6-10H2,1H3. The maximum absolute atomic E-state index is 10.3. The summed E-state index contributed by atoms with van der Waals surface area (Å²) >= 11 is 3.40. The van der Waals surface area contributed by atoms with Gasteiger partial charge in [0.2, 0.25) is 0 Å². The van der Waals surface area contributed by atoms with E-state index in [2.05, 4.69) is 27.8 Å². The summed E-state index contributed by atoms with van der Waals surface area (Å²) in [6.45, 7) is 5.35. The third-order valence-electron chi connectivity index (χ3n) is 3.49. The van der Waals surface area contributed by atoms with Crippen LogP contribution in [0, 0.1) is 0 Å². The van der Waals surface area contributed by atoms with E-state index in [1.54, 1.807) is 0 Å². The molecule has 1 fully saturated rings. The highest BCUT2D eigenvalue weighted by molar-refractivity contribution is 9.10. The molecule has 0 amide bonds. The number of β-amino-alcohol motifs (C(OH)–C–C–N with tert-alkyl or cyclic N) is 1. The van der Waals surface area contributed by atoms with E-state index < -0.39 is 6.10 Å². The van der Waals surface area contributed by atoms with Crippen LogP contribution in [0.4, 0.5) is 0 Å². The Labute approximate surface area is 117 Å². The first-order valence-corrected chi connectivity index (χ1v) is 7.21. The Morgan fingerprint density at radius 3 is 2.83 bits per heavy atom. The van der Waals surface area contributed by atoms with Crippen LogP contribution in [-0.4, -0.2) is 42.4 Å². The summed E-state index contributed by atoms with van der Waals surface area (Å²) in [7, 11) is 0. The molecule has 2 unspecified atom stereocenters. The van der Waals surface area contributed by atoms with Crippen molar-refractivity contribution in [3.63, 3.8) is 0 Å². The average Bonchev–Trinajstić information content (AvgIpc) is 2.56. The smallest absolute Gasteiger partial charge is 0.0917 e. The van der Waals surface area contributed by atoms with Crippen LogP contribution in [0.25, 0.3) is 0 Å². The fourth-order valence-corrected chi connectivity index (χ4v) is 2.49. The first-order chi connectivity index (χ1) is 8.66. The first kappa shape index (κ1) is 14.0. The van der Waals surface area contributed by atoms with Gasteiger partial charge in [-0.05, 0) is 31.0 Å². The van der Waals surface area contributed by atoms with E-state index >= 15 is 0 Å². The number of ether oxygens (including phenoxy) is 1. The van der Waals surface area contributed by atoms with Crippen LogP contribution in [0.1, 0.15) is 25.0 Å². The zero-order valence-electron chi connectivity index (χ0n) is 10.7. The van der Waals surface area contributed by atoms with Crippen LogP contribution in [0.5, 0.6) is 0 Å². The van der Waals surface area contributed by atoms with Gasteiger partial charge in [0.25, 0.3) is 0 Å². The minimum atomic E-state index is -0.432. The minimum Gasteiger partial charge on any atom is -0.387 e. The third-order valence-corrected chi connectivity index (χ3v) is 4.02. The molecule has 0 aromatic heterocycles. The van der Waals surface area contributed by atoms with Gasteiger partial charge in [0.15, 0.2) is 0 Å². The van der Waals surface area contributed by atoms with E-state index in [0.29, 0.717) is 12.6 Å². The molecule has 1 aromatic rings. The molecule has 0 aliphatic carbocycles. The molecule has 3 nitrogen and oxygen atoms in total. The Bertz CT molecular complexity index is 369. The van der Waals surface area contributed by atoms with Crippen LogP contribution in [0.15, 0.2) is 28.7 Å². The van der Waals surface area contributed by atoms with Crippen LogP contribution >= 0.6 is 15.9 Å². The number of hydrogen-bond donors (Lipinski definition) is 1. The van der Waals surface area contributed by atoms with Crippen molar-refractivity contribution in [1.29, 1.82) is 0 Å². The van der Waals surface area contributed by atoms with Crippen molar-refractivity contribution in [2.45, 2.75) is 25.5 Å². The van der Waals surface area contributed by atoms with Crippen LogP contribution in [0.3, 0.4) is 0 Å². The molecule has 2 atom stereocenters. The fourth-order valence-electron chi connectivity index (χ4n) is 2.22. The number of aliphatic hydroxyl groups excluding tert-OH is 1. The molecule has 4 heteroatoms. The molecule has 0 radical (unpaired) electrons. The summed E-state index contributed by atoms with van der Waals surface area (Å²) in [5.41, 5.74) is 0.968. The zero-order valence-corrected chi connectivity index (χ0v) is 12.3. The molecule has 0 spiro atoms. The highest BCUT2D eigenvalue weighted by Gasteiger charge is 2.20. The van der Waals surface area contributed by atoms with Crippen molar-refractivity contribution in [2.75, 3.05) is 26.3 Å². The van der Waals surface area contributed by atoms with E-state index in [0.717, 1.165) is 36.2 Å². The van der Waals surface area contributed by atoms with Crippen molar-refractivity contribution in [2.24, 2.45) is 0 Å². The number of halogens is 1. The number of nitrogens with zero attached hydrogens (tertiary/aromatic N) is 1. The predicted octanol–water partition coefficient (Wildman–Crippen LogP) is 2.59. The van der Waals surface area contributed by atoms with Crippen LogP contribution < -0.4 is 0 Å². The van der Waals surface area contributed by atoms with Crippen LogP contribution in [0.2, 0.25) is 0 Å². The van der Waals surface area contributed by atoms with Gasteiger partial charge in [-0.1, -0.05) is 28.1 Å². The van der Waals surface area contributed by atoms with Gasteiger partial charge in [-0.3, -0.25) is 4.90 Å². The largest absolute Gasteiger partial charge is 0.387 e. The molecular weight excluding hydrogens is 294 g/mol. The second-order valence-electron chi connectivity index (χ2n) is 4.81. The van der Waals surface area contributed by atoms with Gasteiger partial charge in [0.05, 0.1) is 12.7 Å². The summed E-state index contributed by atoms with van der Waals surface area (Å²) < 4.78 is 6.51. The lowest BCUT2D eigenvalue weighted by atomic mass is 10.1. The maximum atomic E-state index is 10.3. The van der Waals surface area contributed by atoms with E-state index in [9.17, 15) is 5.11 Å². The number of benzene rings is 1. The third kappa shape index (κ3) is 3.79. The van der Waals surface area contributed by atoms with Crippen molar-refractivity contribution in [3.8, 4) is 0 Å². The van der Waals surface area contributed by atoms with Crippen molar-refractivity contribution in [3.05, 3.63) is 34.3 Å². The lowest BCUT2D eigenvalue weighted by molar-refractivity contribution is 0.0884. The average molecular weight is 314 g/mol. The second kappa shape index (κ2) is 6.66. The number of rotatable bonds is 3. The second-order valence-corrected chi connectivity index (χ2v) is 5.73. The number of aliphatic hydroxyl groups is 1. The summed E-state index contributed by atoms with van der Waals surface area (Å²) in [5.74, 6) is 0. The first-order valence-electron chi connectivity index (χ1n) is 6.42. The van der Waals surface area contributed by atoms with Crippen LogP contribution in [-0.2, 0) is 4.74 Å². The van der Waals surface area contributed by atoms with E-state index in [1.165, 1.54) is 0 Å². The van der Waals surface area contributed by atoms with Gasteiger partial charge >= 0.3 is 0 Å². The van der Waals surface area contributed by atoms with E-state index in [1.807, 2.05) is 24.3 Å². The highest BCUT2D eigenvalue weighted by Crippen LogP contribution is 2.19. The molecule has 2 rings (SSSR count). The molecule has 0 saturated carbocycles. The topological polar surface area (TPSA) is 32.7 Å². The predicted molar refractivity (Wildman–Crippen MR) is 75.6 cm³/mol. The SMILES string of the molecule is CC1CCOCCN1CC(O)c1ccc(Br)cc1. The molecule has 18 heavy (non-hydrogen) atoms. The Morgan fingerprint density at radius 1 is 1.39 bits per heavy atom. The summed E-state index contributed by atoms with van der Waals surface area (Å²) in [5, 5.41) is 10.3. The van der Waals surface area contributed by atoms with Gasteiger partial charge in [0.1, 0.15) is 0 Å². The van der Waals surface area contributed by atoms with Gasteiger partial charge < -0.3 is 9.84 Å². The van der Waals surface area contributed by atoms with E-state index in [-0.39, 0.29) is 0 Å². The normalized spacial score (nSPS) is 23.6. The maximum Gasteiger partial charge on any atom is 0.0917 e. The molecule has 1 aromatic carbocycles. The molecule has 1 N–H and O–H groups in total. The summed E-state index contributed by atoms with van der Waals surface area (Å²) in [6, 6.07) is 8.33. The van der Waals surface area contributed by atoms with Gasteiger partial charge in [-0.15, -0.1) is 0 Å². The lowest BCUT2D eigenvalue weighted by Crippen LogP contribution is -2.37. The summed E-state index contributed by atoms with van der Waals surface area (Å²) in [6.07, 6.45) is 0.603. The quantitative estimate of drug-likeness (QED) is 0.931. The Hall–Kier alpha value is -0.420. The molecule has 1 aliphatic rings. The van der Waals surface area contributed by atoms with Crippen molar-refractivity contribution < 1.29 is 9.84 Å². The van der Waals surface area contributed by atoms with Crippen molar-refractivity contribution in [1.82, 2.24) is 4.90 Å². The Kier molecular flexibility index (Phi) is 5.18. The zero-order chi connectivity index (χ0) is 13.0. The van der Waals surface area contributed by atoms with Gasteiger partial charge in [-0.2, -0.15) is 0 Å². The minimum absolute atomic E-state index is 0.432. The molecule has 1 heterocycles. The monoisotopic (exact) mass is 313 g/mol. The Balaban J connectivity index is 1.97. The van der Waals surface area contributed by atoms with Gasteiger partial charge in [-0.25, -0.2) is 0 Å². The fraction of sp³-hybridized carbons (Fsp3) is 0.571. The highest BCUT2D eigenvalue weighted by atomic mass is 79.9. The van der Waals surface area contributed by atoms with Crippen molar-refractivity contribution >= 4 is 15.9 Å². The number of hydrogen-bond acceptors (Lipinski definition) is 3. The molecule has 1 saturated heterocycles. The molecular formula is C14H20BrNO2. The Morgan fingerprint density at radius 2 is 2.11 bits per heavy atom. The molecule has 100 valence electrons. The van der Waals surface area contributed by atoms with E-state index in [4.69, 9.17) is 4.74 Å². The van der Waals surface area contributed by atoms with Gasteiger partial charge in [0, 0.05) is 30.2 Å². The molecule has 1 aliphatic heterocycles. The lowest BCUT2D eigenvalue weighted by Gasteiger charge is -2.28. The summed E-state index contributed by atoms with van der Waals surface area (Å²) in [4.78, 5) is 2.31.